The van der Waals surface area contributed by atoms with Crippen LogP contribution in [-0.2, 0) is 11.3 Å². The van der Waals surface area contributed by atoms with Crippen LogP contribution in [0.25, 0.3) is 0 Å². The van der Waals surface area contributed by atoms with Crippen molar-refractivity contribution < 1.29 is 13.9 Å². The molecule has 3 heterocycles. The van der Waals surface area contributed by atoms with Gasteiger partial charge in [0.05, 0.1) is 26.0 Å². The van der Waals surface area contributed by atoms with Gasteiger partial charge in [0.1, 0.15) is 23.1 Å². The van der Waals surface area contributed by atoms with Crippen molar-refractivity contribution in [3.05, 3.63) is 41.7 Å². The molecule has 1 aliphatic heterocycles. The van der Waals surface area contributed by atoms with Gasteiger partial charge in [0.25, 0.3) is 5.91 Å². The summed E-state index contributed by atoms with van der Waals surface area (Å²) in [5.41, 5.74) is 0.399. The Balaban J connectivity index is 1.72. The lowest BCUT2D eigenvalue weighted by Crippen LogP contribution is -2.41. The largest absolute Gasteiger partial charge is 0.467 e. The number of ether oxygens (including phenoxy) is 1. The lowest BCUT2D eigenvalue weighted by molar-refractivity contribution is 0.0299. The number of nitrogens with zero attached hydrogens (tertiary/aromatic N) is 3. The van der Waals surface area contributed by atoms with Crippen LogP contribution in [0.2, 0.25) is 0 Å². The lowest BCUT2D eigenvalue weighted by Gasteiger charge is -2.26. The molecule has 0 radical (unpaired) electrons. The second-order valence-corrected chi connectivity index (χ2v) is 5.02. The Hall–Kier alpha value is -2.41. The van der Waals surface area contributed by atoms with Crippen LogP contribution < -0.4 is 5.32 Å². The number of furan rings is 1. The summed E-state index contributed by atoms with van der Waals surface area (Å²) >= 11 is 0. The highest BCUT2D eigenvalue weighted by Crippen LogP contribution is 2.12. The van der Waals surface area contributed by atoms with E-state index in [4.69, 9.17) is 9.15 Å². The third kappa shape index (κ3) is 3.43. The average molecular weight is 302 g/mol. The molecule has 0 bridgehead atoms. The van der Waals surface area contributed by atoms with E-state index in [1.54, 1.807) is 24.2 Å². The molecule has 0 aliphatic carbocycles. The fraction of sp³-hybridized carbons (Fsp3) is 0.400. The number of carbonyl (C=O) groups is 1. The molecule has 1 aliphatic rings. The van der Waals surface area contributed by atoms with Crippen LogP contribution in [0.15, 0.2) is 28.9 Å². The Kier molecular flexibility index (Phi) is 4.34. The van der Waals surface area contributed by atoms with E-state index in [2.05, 4.69) is 15.3 Å². The van der Waals surface area contributed by atoms with Crippen molar-refractivity contribution in [3.63, 3.8) is 0 Å². The molecule has 2 aromatic heterocycles. The SMILES string of the molecule is Cc1nc(NCc2ccco2)cc(C(=O)N2CCOCC2)n1. The van der Waals surface area contributed by atoms with Crippen molar-refractivity contribution in [2.45, 2.75) is 13.5 Å². The Bertz CT molecular complexity index is 636. The van der Waals surface area contributed by atoms with Gasteiger partial charge in [-0.05, 0) is 19.1 Å². The molecule has 2 aromatic rings. The molecule has 3 rings (SSSR count). The summed E-state index contributed by atoms with van der Waals surface area (Å²) in [5.74, 6) is 1.88. The van der Waals surface area contributed by atoms with Gasteiger partial charge in [-0.15, -0.1) is 0 Å². The van der Waals surface area contributed by atoms with Crippen molar-refractivity contribution in [2.75, 3.05) is 31.6 Å². The first-order chi connectivity index (χ1) is 10.7. The summed E-state index contributed by atoms with van der Waals surface area (Å²) in [6, 6.07) is 5.38. The van der Waals surface area contributed by atoms with Gasteiger partial charge in [0.2, 0.25) is 0 Å². The minimum atomic E-state index is -0.0881. The van der Waals surface area contributed by atoms with Gasteiger partial charge >= 0.3 is 0 Å². The first-order valence-corrected chi connectivity index (χ1v) is 7.21. The minimum Gasteiger partial charge on any atom is -0.467 e. The smallest absolute Gasteiger partial charge is 0.272 e. The molecular formula is C15H18N4O3. The van der Waals surface area contributed by atoms with Crippen LogP contribution in [-0.4, -0.2) is 47.1 Å². The van der Waals surface area contributed by atoms with Gasteiger partial charge in [0, 0.05) is 19.2 Å². The quantitative estimate of drug-likeness (QED) is 0.921. The zero-order valence-corrected chi connectivity index (χ0v) is 12.4. The van der Waals surface area contributed by atoms with Gasteiger partial charge in [0.15, 0.2) is 0 Å². The molecule has 7 nitrogen and oxygen atoms in total. The number of hydrogen-bond acceptors (Lipinski definition) is 6. The summed E-state index contributed by atoms with van der Waals surface area (Å²) in [6.07, 6.45) is 1.62. The van der Waals surface area contributed by atoms with Gasteiger partial charge in [-0.2, -0.15) is 0 Å². The number of nitrogens with one attached hydrogen (secondary N) is 1. The summed E-state index contributed by atoms with van der Waals surface area (Å²) in [7, 11) is 0. The zero-order valence-electron chi connectivity index (χ0n) is 12.4. The van der Waals surface area contributed by atoms with Gasteiger partial charge in [-0.3, -0.25) is 4.79 Å². The van der Waals surface area contributed by atoms with E-state index in [9.17, 15) is 4.79 Å². The highest BCUT2D eigenvalue weighted by atomic mass is 16.5. The number of carbonyl (C=O) groups excluding carboxylic acids is 1. The first kappa shape index (κ1) is 14.5. The van der Waals surface area contributed by atoms with Crippen molar-refractivity contribution in [1.29, 1.82) is 0 Å². The molecule has 116 valence electrons. The highest BCUT2D eigenvalue weighted by Gasteiger charge is 2.20. The maximum absolute atomic E-state index is 12.5. The summed E-state index contributed by atoms with van der Waals surface area (Å²) in [6.45, 7) is 4.61. The molecule has 0 saturated carbocycles. The van der Waals surface area contributed by atoms with Crippen molar-refractivity contribution >= 4 is 11.7 Å². The van der Waals surface area contributed by atoms with Crippen LogP contribution >= 0.6 is 0 Å². The third-order valence-corrected chi connectivity index (χ3v) is 3.38. The minimum absolute atomic E-state index is 0.0881. The molecule has 1 amide bonds. The number of amides is 1. The van der Waals surface area contributed by atoms with Gasteiger partial charge in [-0.1, -0.05) is 0 Å². The first-order valence-electron chi connectivity index (χ1n) is 7.21. The maximum Gasteiger partial charge on any atom is 0.272 e. The van der Waals surface area contributed by atoms with Crippen LogP contribution in [0.1, 0.15) is 22.1 Å². The number of morpholine rings is 1. The fourth-order valence-electron chi connectivity index (χ4n) is 2.29. The van der Waals surface area contributed by atoms with Gasteiger partial charge in [-0.25, -0.2) is 9.97 Å². The number of anilines is 1. The van der Waals surface area contributed by atoms with Crippen LogP contribution in [0.3, 0.4) is 0 Å². The van der Waals surface area contributed by atoms with Crippen molar-refractivity contribution in [1.82, 2.24) is 14.9 Å². The van der Waals surface area contributed by atoms with E-state index in [0.717, 1.165) is 5.76 Å². The summed E-state index contributed by atoms with van der Waals surface area (Å²) < 4.78 is 10.5. The molecule has 0 unspecified atom stereocenters. The Morgan fingerprint density at radius 2 is 2.18 bits per heavy atom. The third-order valence-electron chi connectivity index (χ3n) is 3.38. The zero-order chi connectivity index (χ0) is 15.4. The van der Waals surface area contributed by atoms with E-state index in [1.165, 1.54) is 0 Å². The van der Waals surface area contributed by atoms with Gasteiger partial charge < -0.3 is 19.4 Å². The van der Waals surface area contributed by atoms with E-state index >= 15 is 0 Å². The molecule has 0 atom stereocenters. The standard InChI is InChI=1S/C15H18N4O3/c1-11-17-13(15(20)19-4-7-21-8-5-19)9-14(18-11)16-10-12-3-2-6-22-12/h2-3,6,9H,4-5,7-8,10H2,1H3,(H,16,17,18). The lowest BCUT2D eigenvalue weighted by atomic mass is 10.3. The van der Waals surface area contributed by atoms with E-state index in [0.29, 0.717) is 50.2 Å². The summed E-state index contributed by atoms with van der Waals surface area (Å²) in [5, 5.41) is 3.15. The highest BCUT2D eigenvalue weighted by molar-refractivity contribution is 5.93. The normalized spacial score (nSPS) is 14.9. The second-order valence-electron chi connectivity index (χ2n) is 5.02. The topological polar surface area (TPSA) is 80.5 Å². The van der Waals surface area contributed by atoms with Crippen LogP contribution in [0, 0.1) is 6.92 Å². The van der Waals surface area contributed by atoms with E-state index < -0.39 is 0 Å². The number of rotatable bonds is 4. The number of hydrogen-bond donors (Lipinski definition) is 1. The summed E-state index contributed by atoms with van der Waals surface area (Å²) in [4.78, 5) is 22.8. The van der Waals surface area contributed by atoms with Crippen molar-refractivity contribution in [3.8, 4) is 0 Å². The Morgan fingerprint density at radius 3 is 2.91 bits per heavy atom. The molecule has 1 fully saturated rings. The average Bonchev–Trinajstić information content (AvgIpc) is 3.06. The van der Waals surface area contributed by atoms with Crippen LogP contribution in [0.5, 0.6) is 0 Å². The number of aryl methyl sites for hydroxylation is 1. The second kappa shape index (κ2) is 6.57. The predicted octanol–water partition coefficient (Wildman–Crippen LogP) is 1.46. The molecule has 1 N–H and O–H groups in total. The van der Waals surface area contributed by atoms with E-state index in [-0.39, 0.29) is 5.91 Å². The number of aromatic nitrogens is 2. The fourth-order valence-corrected chi connectivity index (χ4v) is 2.29. The van der Waals surface area contributed by atoms with E-state index in [1.807, 2.05) is 12.1 Å². The molecular weight excluding hydrogens is 284 g/mol. The molecule has 22 heavy (non-hydrogen) atoms. The molecule has 7 heteroatoms. The predicted molar refractivity (Wildman–Crippen MR) is 79.5 cm³/mol. The molecule has 0 spiro atoms. The Morgan fingerprint density at radius 1 is 1.36 bits per heavy atom. The monoisotopic (exact) mass is 302 g/mol. The molecule has 1 saturated heterocycles. The molecule has 0 aromatic carbocycles. The van der Waals surface area contributed by atoms with Crippen molar-refractivity contribution in [2.24, 2.45) is 0 Å². The Labute approximate surface area is 128 Å². The maximum atomic E-state index is 12.5. The van der Waals surface area contributed by atoms with Crippen LogP contribution in [0.4, 0.5) is 5.82 Å².